The molecule has 1 aliphatic heterocycles. The molecule has 1 aliphatic rings. The zero-order valence-corrected chi connectivity index (χ0v) is 53.0. The highest BCUT2D eigenvalue weighted by atomic mass is 35.5. The summed E-state index contributed by atoms with van der Waals surface area (Å²) < 4.78 is 0. The van der Waals surface area contributed by atoms with Crippen molar-refractivity contribution < 1.29 is 67.7 Å². The minimum atomic E-state index is -1.79. The van der Waals surface area contributed by atoms with E-state index in [0.29, 0.717) is 12.0 Å². The Kier molecular flexibility index (Phi) is 37.2. The van der Waals surface area contributed by atoms with Crippen LogP contribution < -0.4 is 86.7 Å². The van der Waals surface area contributed by atoms with Gasteiger partial charge in [0, 0.05) is 25.9 Å². The number of hydrogen-bond acceptors (Lipinski definition) is 18. The molecule has 0 aromatic heterocycles. The zero-order chi connectivity index (χ0) is 66.8. The number of halogens is 2. The second-order valence-corrected chi connectivity index (χ2v) is 23.4. The second kappa shape index (κ2) is 42.2. The van der Waals surface area contributed by atoms with Gasteiger partial charge in [-0.05, 0) is 103 Å². The van der Waals surface area contributed by atoms with Gasteiger partial charge in [-0.3, -0.25) is 57.5 Å². The van der Waals surface area contributed by atoms with Crippen molar-refractivity contribution >= 4 is 94.1 Å². The van der Waals surface area contributed by atoms with E-state index in [1.54, 1.807) is 44.2 Å². The number of carbonyl (C=O) groups is 12. The second-order valence-electron chi connectivity index (χ2n) is 22.3. The summed E-state index contributed by atoms with van der Waals surface area (Å²) in [5.41, 5.74) is 24.1. The maximum absolute atomic E-state index is 14.6. The van der Waals surface area contributed by atoms with Gasteiger partial charge in [-0.25, -0.2) is 0 Å². The largest absolute Gasteiger partial charge is 0.391 e. The van der Waals surface area contributed by atoms with E-state index in [9.17, 15) is 67.7 Å². The number of aliphatic hydroxyl groups excluding tert-OH is 2. The fourth-order valence-corrected chi connectivity index (χ4v) is 9.43. The molecule has 30 nitrogen and oxygen atoms in total. The molecule has 0 bridgehead atoms. The third-order valence-electron chi connectivity index (χ3n) is 14.2. The Hall–Kier alpha value is -6.80. The first-order chi connectivity index (χ1) is 42.2. The number of rotatable bonds is 31. The summed E-state index contributed by atoms with van der Waals surface area (Å²) >= 11 is 11.4. The molecule has 89 heavy (non-hydrogen) atoms. The first-order valence-electron chi connectivity index (χ1n) is 30.3. The first kappa shape index (κ1) is 78.3. The van der Waals surface area contributed by atoms with Gasteiger partial charge >= 0.3 is 0 Å². The number of nitrogens with one attached hydrogen (secondary N) is 12. The van der Waals surface area contributed by atoms with Crippen LogP contribution in [0.1, 0.15) is 124 Å². The van der Waals surface area contributed by atoms with Crippen LogP contribution >= 0.6 is 23.2 Å². The van der Waals surface area contributed by atoms with E-state index in [1.165, 1.54) is 6.92 Å². The van der Waals surface area contributed by atoms with Crippen molar-refractivity contribution in [1.29, 1.82) is 0 Å². The lowest BCUT2D eigenvalue weighted by molar-refractivity contribution is -0.137. The molecule has 0 unspecified atom stereocenters. The molecule has 0 radical (unpaired) electrons. The highest BCUT2D eigenvalue weighted by Crippen LogP contribution is 2.12. The van der Waals surface area contributed by atoms with Crippen LogP contribution in [-0.4, -0.2) is 198 Å². The molecule has 0 spiro atoms. The molecule has 12 atom stereocenters. The van der Waals surface area contributed by atoms with Crippen LogP contribution in [0.3, 0.4) is 0 Å². The molecule has 0 saturated carbocycles. The van der Waals surface area contributed by atoms with Gasteiger partial charge < -0.3 is 96.9 Å². The van der Waals surface area contributed by atoms with E-state index in [2.05, 4.69) is 70.7 Å². The molecule has 0 aliphatic carbocycles. The van der Waals surface area contributed by atoms with Crippen LogP contribution in [0, 0.1) is 5.92 Å². The molecule has 2 rings (SSSR count). The van der Waals surface area contributed by atoms with Crippen LogP contribution in [0.2, 0.25) is 0 Å². The molecule has 1 fully saturated rings. The number of aliphatic hydroxyl groups is 2. The van der Waals surface area contributed by atoms with Crippen molar-refractivity contribution in [2.45, 2.75) is 202 Å². The fraction of sp³-hybridized carbons (Fsp3) is 0.684. The van der Waals surface area contributed by atoms with Crippen LogP contribution in [0.4, 0.5) is 0 Å². The fourth-order valence-electron chi connectivity index (χ4n) is 9.28. The van der Waals surface area contributed by atoms with E-state index in [-0.39, 0.29) is 90.0 Å². The summed E-state index contributed by atoms with van der Waals surface area (Å²) in [5, 5.41) is 52.0. The minimum absolute atomic E-state index is 0.00136. The number of amides is 12. The maximum atomic E-state index is 14.6. The zero-order valence-electron chi connectivity index (χ0n) is 51.5. The lowest BCUT2D eigenvalue weighted by atomic mass is 10.00. The van der Waals surface area contributed by atoms with Gasteiger partial charge in [0.1, 0.15) is 60.4 Å². The molecule has 32 heteroatoms. The van der Waals surface area contributed by atoms with E-state index in [4.69, 9.17) is 46.1 Å². The maximum Gasteiger partial charge on any atom is 0.253 e. The third-order valence-corrected chi connectivity index (χ3v) is 14.6. The Bertz CT molecular complexity index is 2470. The molecule has 502 valence electrons. The van der Waals surface area contributed by atoms with E-state index >= 15 is 0 Å². The summed E-state index contributed by atoms with van der Waals surface area (Å²) in [4.78, 5) is 166. The number of hydrogen-bond donors (Lipinski definition) is 18. The molecule has 12 amide bonds. The third kappa shape index (κ3) is 29.1. The summed E-state index contributed by atoms with van der Waals surface area (Å²) in [6.45, 7) is 6.40. The van der Waals surface area contributed by atoms with Crippen molar-refractivity contribution in [3.05, 3.63) is 35.9 Å². The van der Waals surface area contributed by atoms with E-state index in [1.807, 2.05) is 0 Å². The number of benzene rings is 1. The summed E-state index contributed by atoms with van der Waals surface area (Å²) in [6.07, 6.45) is -0.607. The average Bonchev–Trinajstić information content (AvgIpc) is 3.70. The molecule has 1 aromatic carbocycles. The van der Waals surface area contributed by atoms with Gasteiger partial charge in [-0.1, -0.05) is 100.0 Å². The Morgan fingerprint density at radius 2 is 1.10 bits per heavy atom. The minimum Gasteiger partial charge on any atom is -0.391 e. The van der Waals surface area contributed by atoms with Crippen molar-refractivity contribution in [2.75, 3.05) is 39.3 Å². The SMILES string of the molecule is CCCCCCCC(=O)N[C@@H](CCN)C(=O)N[C@H](C(=O)N[C@@H](CCN)C(=O)N[C@H]1CCNC(=O)[C@H]([C@@H](C)O)NC(=O)[C@H](CCNC(=O)C(Cl)Cl)NC(=O)[C@H](CCN)NC(=O)[C@H](CC(C)C)NC(=O)[C@@H](Cc2ccccc2)NC(=O)[C@H](CCN)NC1=O)[C@@H](C)O. The molecule has 1 saturated heterocycles. The first-order valence-corrected chi connectivity index (χ1v) is 31.2. The normalized spacial score (nSPS) is 22.0. The van der Waals surface area contributed by atoms with Crippen LogP contribution in [-0.2, 0) is 64.0 Å². The number of unbranched alkanes of at least 4 members (excludes halogenated alkanes) is 4. The predicted octanol–water partition coefficient (Wildman–Crippen LogP) is -4.53. The Morgan fingerprint density at radius 3 is 1.64 bits per heavy atom. The quantitative estimate of drug-likeness (QED) is 0.0246. The Labute approximate surface area is 529 Å². The monoisotopic (exact) mass is 1300 g/mol. The number of nitrogens with two attached hydrogens (primary N) is 4. The standard InChI is InChI=1S/C57H96Cl2N16O14/c1-6-7-8-9-13-16-43(78)66-35(17-23-60)51(83)75-45(33(5)77)56(88)71-38(20-26-63)48(80)69-39-21-27-64-55(87)44(32(4)76)74-52(84)40(22-28-65-57(89)46(58)59)70-47(79)36(18-24-61)68-53(85)41(29-31(2)3)72-54(86)42(30-34-14-11-10-12-15-34)73-49(81)37(19-25-62)67-50(39)82/h10-12,14-15,31-33,35-42,44-46,76-77H,6-9,13,16-30,60-63H2,1-5H3,(H,64,87)(H,65,89)(H,66,78)(H,67,82)(H,68,85)(H,69,80)(H,70,79)(H,71,88)(H,72,86)(H,73,81)(H,74,84)(H,75,83)/t32-,33-,35+,36+,37+,38+,39+,40+,41+,42-,44+,45+/m1/s1. The van der Waals surface area contributed by atoms with Crippen molar-refractivity contribution in [3.63, 3.8) is 0 Å². The lowest BCUT2D eigenvalue weighted by Crippen LogP contribution is -2.62. The van der Waals surface area contributed by atoms with Crippen LogP contribution in [0.5, 0.6) is 0 Å². The molecule has 1 aromatic rings. The van der Waals surface area contributed by atoms with E-state index in [0.717, 1.165) is 32.6 Å². The van der Waals surface area contributed by atoms with Crippen LogP contribution in [0.15, 0.2) is 30.3 Å². The summed E-state index contributed by atoms with van der Waals surface area (Å²) in [5.74, 6) is -11.3. The highest BCUT2D eigenvalue weighted by Gasteiger charge is 2.38. The van der Waals surface area contributed by atoms with Crippen molar-refractivity contribution in [1.82, 2.24) is 63.8 Å². The highest BCUT2D eigenvalue weighted by molar-refractivity contribution is 6.53. The van der Waals surface area contributed by atoms with Crippen LogP contribution in [0.25, 0.3) is 0 Å². The van der Waals surface area contributed by atoms with Gasteiger partial charge in [0.25, 0.3) is 5.91 Å². The van der Waals surface area contributed by atoms with Gasteiger partial charge in [0.2, 0.25) is 65.0 Å². The topological polar surface area (TPSA) is 494 Å². The Balaban J connectivity index is 2.74. The average molecular weight is 1300 g/mol. The van der Waals surface area contributed by atoms with Gasteiger partial charge in [0.05, 0.1) is 12.2 Å². The summed E-state index contributed by atoms with van der Waals surface area (Å²) in [7, 11) is 0. The van der Waals surface area contributed by atoms with Crippen molar-refractivity contribution in [3.8, 4) is 0 Å². The van der Waals surface area contributed by atoms with Gasteiger partial charge in [-0.2, -0.15) is 0 Å². The Morgan fingerprint density at radius 1 is 0.584 bits per heavy atom. The summed E-state index contributed by atoms with van der Waals surface area (Å²) in [6, 6.07) is -6.94. The molecular formula is C57H96Cl2N16O14. The van der Waals surface area contributed by atoms with Gasteiger partial charge in [-0.15, -0.1) is 0 Å². The lowest BCUT2D eigenvalue weighted by Gasteiger charge is -2.29. The molecule has 1 heterocycles. The predicted molar refractivity (Wildman–Crippen MR) is 331 cm³/mol. The molecule has 22 N–H and O–H groups in total. The smallest absolute Gasteiger partial charge is 0.253 e. The van der Waals surface area contributed by atoms with Gasteiger partial charge in [0.15, 0.2) is 4.84 Å². The van der Waals surface area contributed by atoms with E-state index < -0.39 is 161 Å². The molecular weight excluding hydrogens is 1200 g/mol. The number of alkyl halides is 2. The number of carbonyl (C=O) groups excluding carboxylic acids is 12. The van der Waals surface area contributed by atoms with Crippen molar-refractivity contribution in [2.24, 2.45) is 28.9 Å².